The van der Waals surface area contributed by atoms with Crippen LogP contribution in [0.1, 0.15) is 28.6 Å². The number of carbonyl (C=O) groups is 1. The molecule has 1 aliphatic heterocycles. The van der Waals surface area contributed by atoms with E-state index in [1.165, 1.54) is 12.3 Å². The molecule has 2 aromatic rings. The van der Waals surface area contributed by atoms with Crippen molar-refractivity contribution in [2.45, 2.75) is 30.6 Å². The van der Waals surface area contributed by atoms with Gasteiger partial charge in [0.2, 0.25) is 0 Å². The van der Waals surface area contributed by atoms with Crippen molar-refractivity contribution in [2.75, 3.05) is 11.9 Å². The molecule has 2 heterocycles. The number of phosphoric acid groups is 3. The molecule has 0 bridgehead atoms. The zero-order valence-electron chi connectivity index (χ0n) is 18.9. The normalized spacial score (nSPS) is 22.9. The van der Waals surface area contributed by atoms with Crippen LogP contribution in [0.4, 0.5) is 5.82 Å². The number of hydrogen-bond donors (Lipinski definition) is 7. The number of nitrogens with one attached hydrogen (secondary N) is 1. The highest BCUT2D eigenvalue weighted by molar-refractivity contribution is 7.79. The molecule has 21 heteroatoms. The van der Waals surface area contributed by atoms with Crippen molar-refractivity contribution < 1.29 is 61.1 Å². The highest BCUT2D eigenvalue weighted by atomic mass is 32.1. The van der Waals surface area contributed by atoms with Gasteiger partial charge in [0.1, 0.15) is 18.1 Å². The number of aromatic nitrogens is 2. The fourth-order valence-electron chi connectivity index (χ4n) is 3.27. The van der Waals surface area contributed by atoms with E-state index in [0.717, 1.165) is 4.57 Å². The van der Waals surface area contributed by atoms with Crippen LogP contribution in [0.15, 0.2) is 41.3 Å². The molecule has 1 fully saturated rings. The number of thiol groups is 1. The number of ether oxygens (including phenoxy) is 1. The lowest BCUT2D eigenvalue weighted by Gasteiger charge is -2.19. The lowest BCUT2D eigenvalue weighted by atomic mass is 10.1. The van der Waals surface area contributed by atoms with Gasteiger partial charge < -0.3 is 34.7 Å². The van der Waals surface area contributed by atoms with Crippen molar-refractivity contribution >= 4 is 47.8 Å². The molecule has 38 heavy (non-hydrogen) atoms. The molecule has 17 nitrogen and oxygen atoms in total. The maximum absolute atomic E-state index is 12.5. The second-order valence-corrected chi connectivity index (χ2v) is 12.3. The Morgan fingerprint density at radius 1 is 1.13 bits per heavy atom. The van der Waals surface area contributed by atoms with Gasteiger partial charge in [0.15, 0.2) is 0 Å². The number of aliphatic hydroxyl groups excluding tert-OH is 1. The number of amides is 1. The topological polar surface area (TPSA) is 253 Å². The first kappa shape index (κ1) is 30.8. The predicted molar refractivity (Wildman–Crippen MR) is 130 cm³/mol. The summed E-state index contributed by atoms with van der Waals surface area (Å²) >= 11 is 4.17. The number of nitrogens with zero attached hydrogens (tertiary/aromatic N) is 2. The fraction of sp³-hybridized carbons (Fsp3) is 0.353. The molecule has 3 rings (SSSR count). The van der Waals surface area contributed by atoms with Crippen LogP contribution in [-0.4, -0.2) is 59.0 Å². The van der Waals surface area contributed by atoms with Gasteiger partial charge in [-0.15, -0.1) is 0 Å². The largest absolute Gasteiger partial charge is 0.490 e. The first-order chi connectivity index (χ1) is 17.6. The fourth-order valence-corrected chi connectivity index (χ4v) is 6.58. The van der Waals surface area contributed by atoms with E-state index in [4.69, 9.17) is 14.5 Å². The molecule has 0 saturated carbocycles. The Hall–Kier alpha value is -1.75. The Balaban J connectivity index is 1.62. The summed E-state index contributed by atoms with van der Waals surface area (Å²) in [6.45, 7) is -0.901. The molecule has 1 amide bonds. The molecule has 1 aromatic heterocycles. The number of anilines is 1. The van der Waals surface area contributed by atoms with Gasteiger partial charge in [-0.3, -0.25) is 13.9 Å². The number of phosphoric ester groups is 1. The second kappa shape index (κ2) is 12.2. The molecule has 6 N–H and O–H groups in total. The van der Waals surface area contributed by atoms with Gasteiger partial charge in [0.25, 0.3) is 5.91 Å². The molecular weight excluding hydrogens is 595 g/mol. The third-order valence-electron chi connectivity index (χ3n) is 4.84. The van der Waals surface area contributed by atoms with Crippen molar-refractivity contribution in [2.24, 2.45) is 0 Å². The first-order valence-corrected chi connectivity index (χ1v) is 15.5. The van der Waals surface area contributed by atoms with E-state index in [2.05, 4.69) is 36.1 Å². The molecule has 1 saturated heterocycles. The molecule has 5 atom stereocenters. The zero-order chi connectivity index (χ0) is 28.3. The summed E-state index contributed by atoms with van der Waals surface area (Å²) in [6, 6.07) is 8.01. The summed E-state index contributed by atoms with van der Waals surface area (Å²) in [5, 5.41) is 12.7. The highest BCUT2D eigenvalue weighted by Crippen LogP contribution is 2.66. The van der Waals surface area contributed by atoms with Crippen LogP contribution in [0.2, 0.25) is 0 Å². The minimum atomic E-state index is -5.71. The van der Waals surface area contributed by atoms with Crippen molar-refractivity contribution in [1.82, 2.24) is 9.55 Å². The van der Waals surface area contributed by atoms with E-state index in [0.29, 0.717) is 16.9 Å². The number of rotatable bonds is 11. The van der Waals surface area contributed by atoms with Gasteiger partial charge in [-0.1, -0.05) is 18.2 Å². The van der Waals surface area contributed by atoms with Gasteiger partial charge in [-0.05, 0) is 17.7 Å². The summed E-state index contributed by atoms with van der Waals surface area (Å²) in [6.07, 6.45) is -2.77. The third kappa shape index (κ3) is 8.63. The molecule has 0 aliphatic carbocycles. The summed E-state index contributed by atoms with van der Waals surface area (Å²) in [4.78, 5) is 64.6. The molecular formula is C17H22N3O14P3S. The van der Waals surface area contributed by atoms with Gasteiger partial charge in [-0.25, -0.2) is 18.5 Å². The van der Waals surface area contributed by atoms with E-state index in [1.54, 1.807) is 24.3 Å². The number of benzene rings is 1. The van der Waals surface area contributed by atoms with E-state index in [1.807, 2.05) is 0 Å². The van der Waals surface area contributed by atoms with E-state index >= 15 is 0 Å². The lowest BCUT2D eigenvalue weighted by molar-refractivity contribution is -0.0449. The van der Waals surface area contributed by atoms with E-state index < -0.39 is 60.1 Å². The average molecular weight is 617 g/mol. The van der Waals surface area contributed by atoms with Crippen LogP contribution < -0.4 is 11.0 Å². The highest BCUT2D eigenvalue weighted by Gasteiger charge is 2.43. The van der Waals surface area contributed by atoms with Crippen LogP contribution in [-0.2, 0) is 37.3 Å². The van der Waals surface area contributed by atoms with Gasteiger partial charge in [0.05, 0.1) is 12.7 Å². The molecule has 210 valence electrons. The Kier molecular flexibility index (Phi) is 9.87. The molecule has 0 spiro atoms. The van der Waals surface area contributed by atoms with Crippen LogP contribution >= 0.6 is 36.1 Å². The second-order valence-electron chi connectivity index (χ2n) is 7.59. The smallest absolute Gasteiger partial charge is 0.390 e. The third-order valence-corrected chi connectivity index (χ3v) is 8.98. The Bertz CT molecular complexity index is 1380. The van der Waals surface area contributed by atoms with Crippen LogP contribution in [0.3, 0.4) is 0 Å². The molecule has 0 radical (unpaired) electrons. The van der Waals surface area contributed by atoms with Crippen LogP contribution in [0.25, 0.3) is 0 Å². The molecule has 5 unspecified atom stereocenters. The first-order valence-electron chi connectivity index (χ1n) is 10.3. The van der Waals surface area contributed by atoms with E-state index in [9.17, 15) is 38.2 Å². The number of hydrogen-bond acceptors (Lipinski definition) is 12. The zero-order valence-corrected chi connectivity index (χ0v) is 22.5. The Morgan fingerprint density at radius 3 is 2.45 bits per heavy atom. The van der Waals surface area contributed by atoms with Crippen molar-refractivity contribution in [3.05, 3.63) is 58.1 Å². The Labute approximate surface area is 219 Å². The summed E-state index contributed by atoms with van der Waals surface area (Å²) in [7, 11) is -16.7. The van der Waals surface area contributed by atoms with Gasteiger partial charge >= 0.3 is 29.2 Å². The predicted octanol–water partition coefficient (Wildman–Crippen LogP) is 0.917. The van der Waals surface area contributed by atoms with Gasteiger partial charge in [0, 0.05) is 23.9 Å². The van der Waals surface area contributed by atoms with Crippen LogP contribution in [0.5, 0.6) is 0 Å². The van der Waals surface area contributed by atoms with Crippen molar-refractivity contribution in [1.29, 1.82) is 0 Å². The molecule has 1 aromatic carbocycles. The average Bonchev–Trinajstić information content (AvgIpc) is 3.15. The monoisotopic (exact) mass is 617 g/mol. The van der Waals surface area contributed by atoms with E-state index in [-0.39, 0.29) is 12.2 Å². The van der Waals surface area contributed by atoms with Crippen molar-refractivity contribution in [3.8, 4) is 0 Å². The van der Waals surface area contributed by atoms with Crippen LogP contribution in [0, 0.1) is 0 Å². The summed E-state index contributed by atoms with van der Waals surface area (Å²) < 4.78 is 52.0. The lowest BCUT2D eigenvalue weighted by Crippen LogP contribution is -2.29. The molecule has 1 aliphatic rings. The SMILES string of the molecule is O=C(Nc1ccn(C2CC(O)C(COP(=O)(O)OP(=O)(O)OP(=O)(O)O)O2)c(=O)n1)c1ccccc1CS. The maximum atomic E-state index is 12.5. The minimum Gasteiger partial charge on any atom is -0.390 e. The number of carbonyl (C=O) groups excluding carboxylic acids is 1. The quantitative estimate of drug-likeness (QED) is 0.137. The number of aliphatic hydroxyl groups is 1. The summed E-state index contributed by atoms with van der Waals surface area (Å²) in [5.41, 5.74) is 0.141. The Morgan fingerprint density at radius 2 is 1.82 bits per heavy atom. The van der Waals surface area contributed by atoms with Gasteiger partial charge in [-0.2, -0.15) is 26.2 Å². The summed E-state index contributed by atoms with van der Waals surface area (Å²) in [5.74, 6) is -0.269. The standard InChI is InChI=1S/C17H22N3O14P3S/c21-12-7-15(32-13(12)8-31-36(27,28)34-37(29,30)33-35(24,25)26)20-6-5-14(19-17(20)23)18-16(22)11-4-2-1-3-10(11)9-38/h1-6,12-13,15,21,38H,7-9H2,(H,27,28)(H,29,30)(H2,24,25,26)(H,18,19,22,23). The minimum absolute atomic E-state index is 0.0621. The maximum Gasteiger partial charge on any atom is 0.490 e. The van der Waals surface area contributed by atoms with Crippen molar-refractivity contribution in [3.63, 3.8) is 0 Å².